The first kappa shape index (κ1) is 16.6. The van der Waals surface area contributed by atoms with Crippen LogP contribution in [0.25, 0.3) is 0 Å². The predicted octanol–water partition coefficient (Wildman–Crippen LogP) is 5.11. The van der Waals surface area contributed by atoms with Crippen molar-refractivity contribution in [3.8, 4) is 5.75 Å². The van der Waals surface area contributed by atoms with Crippen LogP contribution in [0.2, 0.25) is 0 Å². The van der Waals surface area contributed by atoms with Crippen molar-refractivity contribution in [2.45, 2.75) is 45.8 Å². The molecule has 0 aliphatic carbocycles. The third-order valence-electron chi connectivity index (χ3n) is 3.86. The molecule has 0 amide bonds. The fourth-order valence-corrected chi connectivity index (χ4v) is 2.49. The van der Waals surface area contributed by atoms with Crippen molar-refractivity contribution < 1.29 is 4.74 Å². The van der Waals surface area contributed by atoms with Crippen LogP contribution in [0, 0.1) is 0 Å². The molecule has 0 heterocycles. The molecule has 2 heteroatoms. The monoisotopic (exact) mass is 297 g/mol. The van der Waals surface area contributed by atoms with E-state index in [0.29, 0.717) is 12.6 Å². The van der Waals surface area contributed by atoms with Gasteiger partial charge >= 0.3 is 0 Å². The number of rotatable bonds is 9. The Balaban J connectivity index is 1.88. The molecule has 1 atom stereocenters. The molecule has 0 aliphatic rings. The van der Waals surface area contributed by atoms with Crippen LogP contribution in [-0.4, -0.2) is 6.54 Å². The summed E-state index contributed by atoms with van der Waals surface area (Å²) in [4.78, 5) is 0. The van der Waals surface area contributed by atoms with Crippen molar-refractivity contribution in [2.75, 3.05) is 6.54 Å². The molecule has 0 radical (unpaired) electrons. The molecule has 0 saturated heterocycles. The highest BCUT2D eigenvalue weighted by Crippen LogP contribution is 2.21. The van der Waals surface area contributed by atoms with Gasteiger partial charge in [-0.25, -0.2) is 0 Å². The number of nitrogens with one attached hydrogen (secondary N) is 1. The number of hydrogen-bond acceptors (Lipinski definition) is 2. The van der Waals surface area contributed by atoms with E-state index < -0.39 is 0 Å². The van der Waals surface area contributed by atoms with Crippen LogP contribution in [0.5, 0.6) is 5.75 Å². The molecule has 0 unspecified atom stereocenters. The molecule has 0 spiro atoms. The van der Waals surface area contributed by atoms with E-state index in [-0.39, 0.29) is 0 Å². The minimum atomic E-state index is 0.440. The fraction of sp³-hybridized carbons (Fsp3) is 0.400. The van der Waals surface area contributed by atoms with E-state index in [9.17, 15) is 0 Å². The summed E-state index contributed by atoms with van der Waals surface area (Å²) in [6.45, 7) is 6.15. The minimum Gasteiger partial charge on any atom is -0.489 e. The molecular formula is C20H27NO. The van der Waals surface area contributed by atoms with Crippen molar-refractivity contribution in [2.24, 2.45) is 0 Å². The first-order valence-corrected chi connectivity index (χ1v) is 8.33. The minimum absolute atomic E-state index is 0.440. The zero-order valence-corrected chi connectivity index (χ0v) is 13.7. The first-order chi connectivity index (χ1) is 10.8. The van der Waals surface area contributed by atoms with E-state index in [4.69, 9.17) is 4.74 Å². The number of ether oxygens (including phenoxy) is 1. The van der Waals surface area contributed by atoms with Crippen molar-refractivity contribution in [3.63, 3.8) is 0 Å². The molecular weight excluding hydrogens is 270 g/mol. The summed E-state index contributed by atoms with van der Waals surface area (Å²) in [5.74, 6) is 0.927. The molecule has 2 aromatic carbocycles. The third kappa shape index (κ3) is 5.19. The van der Waals surface area contributed by atoms with Gasteiger partial charge in [-0.05, 0) is 42.6 Å². The first-order valence-electron chi connectivity index (χ1n) is 8.33. The van der Waals surface area contributed by atoms with Gasteiger partial charge in [0.05, 0.1) is 0 Å². The largest absolute Gasteiger partial charge is 0.489 e. The molecule has 2 nitrogen and oxygen atoms in total. The van der Waals surface area contributed by atoms with E-state index in [1.807, 2.05) is 18.2 Å². The van der Waals surface area contributed by atoms with Crippen LogP contribution in [0.4, 0.5) is 0 Å². The smallest absolute Gasteiger partial charge is 0.119 e. The van der Waals surface area contributed by atoms with Crippen LogP contribution < -0.4 is 10.1 Å². The molecule has 118 valence electrons. The number of hydrogen-bond donors (Lipinski definition) is 1. The van der Waals surface area contributed by atoms with Gasteiger partial charge in [0.25, 0.3) is 0 Å². The Morgan fingerprint density at radius 2 is 1.68 bits per heavy atom. The van der Waals surface area contributed by atoms with Gasteiger partial charge in [0, 0.05) is 6.04 Å². The average Bonchev–Trinajstić information content (AvgIpc) is 2.59. The Kier molecular flexibility index (Phi) is 6.98. The average molecular weight is 297 g/mol. The Morgan fingerprint density at radius 3 is 2.32 bits per heavy atom. The highest BCUT2D eigenvalue weighted by Gasteiger charge is 2.08. The topological polar surface area (TPSA) is 21.3 Å². The zero-order chi connectivity index (χ0) is 15.6. The molecule has 0 aliphatic heterocycles. The van der Waals surface area contributed by atoms with E-state index in [1.54, 1.807) is 0 Å². The molecule has 2 aromatic rings. The third-order valence-corrected chi connectivity index (χ3v) is 3.86. The zero-order valence-electron chi connectivity index (χ0n) is 13.7. The van der Waals surface area contributed by atoms with E-state index >= 15 is 0 Å². The van der Waals surface area contributed by atoms with Gasteiger partial charge < -0.3 is 10.1 Å². The maximum Gasteiger partial charge on any atom is 0.119 e. The van der Waals surface area contributed by atoms with Crippen LogP contribution in [0.1, 0.15) is 50.3 Å². The molecule has 0 aromatic heterocycles. The second-order valence-corrected chi connectivity index (χ2v) is 5.61. The summed E-state index contributed by atoms with van der Waals surface area (Å²) in [6.07, 6.45) is 3.57. The molecule has 1 N–H and O–H groups in total. The van der Waals surface area contributed by atoms with Gasteiger partial charge in [0.2, 0.25) is 0 Å². The van der Waals surface area contributed by atoms with Crippen LogP contribution in [0.3, 0.4) is 0 Å². The van der Waals surface area contributed by atoms with Gasteiger partial charge in [-0.3, -0.25) is 0 Å². The quantitative estimate of drug-likeness (QED) is 0.650. The maximum absolute atomic E-state index is 5.84. The fourth-order valence-electron chi connectivity index (χ4n) is 2.49. The van der Waals surface area contributed by atoms with Crippen LogP contribution in [0.15, 0.2) is 54.6 Å². The van der Waals surface area contributed by atoms with Crippen LogP contribution >= 0.6 is 0 Å². The lowest BCUT2D eigenvalue weighted by molar-refractivity contribution is 0.306. The van der Waals surface area contributed by atoms with Crippen molar-refractivity contribution in [1.82, 2.24) is 5.32 Å². The second kappa shape index (κ2) is 9.26. The summed E-state index contributed by atoms with van der Waals surface area (Å²) in [5, 5.41) is 3.62. The summed E-state index contributed by atoms with van der Waals surface area (Å²) >= 11 is 0. The number of unbranched alkanes of at least 4 members (excludes halogenated alkanes) is 1. The summed E-state index contributed by atoms with van der Waals surface area (Å²) in [6, 6.07) is 19.2. The second-order valence-electron chi connectivity index (χ2n) is 5.61. The number of benzene rings is 2. The molecule has 0 bridgehead atoms. The maximum atomic E-state index is 5.84. The van der Waals surface area contributed by atoms with Gasteiger partial charge in [-0.15, -0.1) is 0 Å². The van der Waals surface area contributed by atoms with Crippen molar-refractivity contribution in [1.29, 1.82) is 0 Å². The van der Waals surface area contributed by atoms with Crippen molar-refractivity contribution in [3.05, 3.63) is 65.7 Å². The van der Waals surface area contributed by atoms with Gasteiger partial charge in [-0.1, -0.05) is 62.7 Å². The van der Waals surface area contributed by atoms with E-state index in [2.05, 4.69) is 55.6 Å². The van der Waals surface area contributed by atoms with Gasteiger partial charge in [0.15, 0.2) is 0 Å². The van der Waals surface area contributed by atoms with Gasteiger partial charge in [-0.2, -0.15) is 0 Å². The van der Waals surface area contributed by atoms with E-state index in [1.165, 1.54) is 24.0 Å². The molecule has 0 fully saturated rings. The normalized spacial score (nSPS) is 12.1. The lowest BCUT2D eigenvalue weighted by atomic mass is 10.0. The summed E-state index contributed by atoms with van der Waals surface area (Å²) < 4.78 is 5.84. The Labute approximate surface area is 134 Å². The standard InChI is InChI=1S/C20H27NO/c1-3-5-15-21-20(4-2)18-11-13-19(14-12-18)22-16-17-9-7-6-8-10-17/h6-14,20-21H,3-5,15-16H2,1-2H3/t20-/m1/s1. The summed E-state index contributed by atoms with van der Waals surface area (Å²) in [5.41, 5.74) is 2.53. The highest BCUT2D eigenvalue weighted by molar-refractivity contribution is 5.29. The Morgan fingerprint density at radius 1 is 0.955 bits per heavy atom. The van der Waals surface area contributed by atoms with Gasteiger partial charge in [0.1, 0.15) is 12.4 Å². The summed E-state index contributed by atoms with van der Waals surface area (Å²) in [7, 11) is 0. The lowest BCUT2D eigenvalue weighted by Gasteiger charge is -2.17. The Hall–Kier alpha value is -1.80. The molecule has 0 saturated carbocycles. The molecule has 2 rings (SSSR count). The molecule has 22 heavy (non-hydrogen) atoms. The highest BCUT2D eigenvalue weighted by atomic mass is 16.5. The SMILES string of the molecule is CCCCN[C@H](CC)c1ccc(OCc2ccccc2)cc1. The predicted molar refractivity (Wildman–Crippen MR) is 93.2 cm³/mol. The Bertz CT molecular complexity index is 521. The van der Waals surface area contributed by atoms with Crippen molar-refractivity contribution >= 4 is 0 Å². The van der Waals surface area contributed by atoms with E-state index in [0.717, 1.165) is 18.7 Å². The van der Waals surface area contributed by atoms with Crippen LogP contribution in [-0.2, 0) is 6.61 Å². The lowest BCUT2D eigenvalue weighted by Crippen LogP contribution is -2.21.